The number of aromatic nitrogens is 2. The van der Waals surface area contributed by atoms with E-state index in [1.807, 2.05) is 23.5 Å². The van der Waals surface area contributed by atoms with Gasteiger partial charge in [0.25, 0.3) is 0 Å². The molecule has 1 rings (SSSR count). The molecule has 1 atom stereocenters. The number of rotatable bonds is 8. The van der Waals surface area contributed by atoms with Crippen molar-refractivity contribution in [3.8, 4) is 0 Å². The maximum atomic E-state index is 6.08. The zero-order valence-corrected chi connectivity index (χ0v) is 13.0. The average Bonchev–Trinajstić information content (AvgIpc) is 2.60. The van der Waals surface area contributed by atoms with E-state index in [9.17, 15) is 0 Å². The van der Waals surface area contributed by atoms with Crippen LogP contribution in [0.25, 0.3) is 0 Å². The fourth-order valence-electron chi connectivity index (χ4n) is 2.02. The zero-order valence-electron chi connectivity index (χ0n) is 12.2. The third-order valence-electron chi connectivity index (χ3n) is 3.27. The Balaban J connectivity index is 2.69. The Bertz CT molecular complexity index is 360. The van der Waals surface area contributed by atoms with Crippen molar-refractivity contribution in [2.45, 2.75) is 63.9 Å². The van der Waals surface area contributed by atoms with Crippen LogP contribution in [-0.4, -0.2) is 21.6 Å². The second-order valence-electron chi connectivity index (χ2n) is 4.92. The van der Waals surface area contributed by atoms with Crippen LogP contribution < -0.4 is 5.73 Å². The molecule has 0 saturated carbocycles. The lowest BCUT2D eigenvalue weighted by Crippen LogP contribution is -2.22. The van der Waals surface area contributed by atoms with E-state index in [1.54, 1.807) is 0 Å². The van der Waals surface area contributed by atoms with Gasteiger partial charge in [0.15, 0.2) is 0 Å². The Morgan fingerprint density at radius 2 is 2.06 bits per heavy atom. The van der Waals surface area contributed by atoms with Gasteiger partial charge in [0.05, 0.1) is 10.7 Å². The smallest absolute Gasteiger partial charge is 0.0971 e. The van der Waals surface area contributed by atoms with Crippen LogP contribution >= 0.6 is 11.8 Å². The minimum atomic E-state index is 0.253. The largest absolute Gasteiger partial charge is 0.327 e. The van der Waals surface area contributed by atoms with E-state index in [4.69, 9.17) is 5.73 Å². The molecule has 1 unspecified atom stereocenters. The lowest BCUT2D eigenvalue weighted by Gasteiger charge is -2.10. The fourth-order valence-corrected chi connectivity index (χ4v) is 3.20. The summed E-state index contributed by atoms with van der Waals surface area (Å²) in [7, 11) is 2.04. The SMILES string of the molecule is CCCCCSc1c(CC(N)CC)c(C)nn1C. The van der Waals surface area contributed by atoms with Gasteiger partial charge in [-0.2, -0.15) is 5.10 Å². The number of thioether (sulfide) groups is 1. The van der Waals surface area contributed by atoms with Crippen LogP contribution in [0.5, 0.6) is 0 Å². The predicted octanol–water partition coefficient (Wildman–Crippen LogP) is 3.29. The van der Waals surface area contributed by atoms with Gasteiger partial charge in [0.1, 0.15) is 0 Å². The minimum Gasteiger partial charge on any atom is -0.327 e. The molecule has 1 aromatic heterocycles. The summed E-state index contributed by atoms with van der Waals surface area (Å²) in [5.41, 5.74) is 8.58. The molecule has 0 fully saturated rings. The van der Waals surface area contributed by atoms with Crippen molar-refractivity contribution >= 4 is 11.8 Å². The molecular weight excluding hydrogens is 242 g/mol. The van der Waals surface area contributed by atoms with Crippen LogP contribution in [0.3, 0.4) is 0 Å². The highest BCUT2D eigenvalue weighted by molar-refractivity contribution is 7.99. The van der Waals surface area contributed by atoms with E-state index in [0.717, 1.165) is 18.5 Å². The predicted molar refractivity (Wildman–Crippen MR) is 80.2 cm³/mol. The lowest BCUT2D eigenvalue weighted by atomic mass is 10.1. The molecule has 0 aliphatic heterocycles. The lowest BCUT2D eigenvalue weighted by molar-refractivity contribution is 0.631. The van der Waals surface area contributed by atoms with Crippen molar-refractivity contribution in [2.75, 3.05) is 5.75 Å². The Morgan fingerprint density at radius 3 is 2.67 bits per heavy atom. The molecule has 0 aliphatic carbocycles. The van der Waals surface area contributed by atoms with Gasteiger partial charge in [-0.25, -0.2) is 0 Å². The molecule has 0 saturated heterocycles. The van der Waals surface area contributed by atoms with Gasteiger partial charge in [-0.15, -0.1) is 11.8 Å². The molecule has 0 aliphatic rings. The van der Waals surface area contributed by atoms with Crippen LogP contribution in [0.15, 0.2) is 5.03 Å². The maximum Gasteiger partial charge on any atom is 0.0971 e. The van der Waals surface area contributed by atoms with E-state index >= 15 is 0 Å². The number of aryl methyl sites for hydroxylation is 2. The quantitative estimate of drug-likeness (QED) is 0.582. The maximum absolute atomic E-state index is 6.08. The second kappa shape index (κ2) is 7.85. The third-order valence-corrected chi connectivity index (χ3v) is 4.54. The highest BCUT2D eigenvalue weighted by atomic mass is 32.2. The summed E-state index contributed by atoms with van der Waals surface area (Å²) in [5.74, 6) is 1.18. The van der Waals surface area contributed by atoms with Gasteiger partial charge in [0.2, 0.25) is 0 Å². The first kappa shape index (κ1) is 15.6. The average molecular weight is 269 g/mol. The van der Waals surface area contributed by atoms with Crippen molar-refractivity contribution in [3.05, 3.63) is 11.3 Å². The minimum absolute atomic E-state index is 0.253. The summed E-state index contributed by atoms with van der Waals surface area (Å²) in [6, 6.07) is 0.253. The number of nitrogens with zero attached hydrogens (tertiary/aromatic N) is 2. The molecule has 0 spiro atoms. The normalized spacial score (nSPS) is 12.9. The Kier molecular flexibility index (Phi) is 6.79. The van der Waals surface area contributed by atoms with Crippen LogP contribution in [0.4, 0.5) is 0 Å². The van der Waals surface area contributed by atoms with Gasteiger partial charge in [-0.3, -0.25) is 4.68 Å². The molecule has 1 aromatic rings. The Labute approximate surface area is 116 Å². The van der Waals surface area contributed by atoms with Gasteiger partial charge in [-0.1, -0.05) is 26.7 Å². The molecule has 0 radical (unpaired) electrons. The Morgan fingerprint density at radius 1 is 1.33 bits per heavy atom. The molecule has 4 heteroatoms. The first-order valence-corrected chi connectivity index (χ1v) is 7.99. The molecule has 1 heterocycles. The number of unbranched alkanes of at least 4 members (excludes halogenated alkanes) is 2. The third kappa shape index (κ3) is 4.32. The zero-order chi connectivity index (χ0) is 13.5. The molecular formula is C14H27N3S. The first-order valence-electron chi connectivity index (χ1n) is 7.00. The van der Waals surface area contributed by atoms with Crippen molar-refractivity contribution < 1.29 is 0 Å². The highest BCUT2D eigenvalue weighted by Crippen LogP contribution is 2.27. The van der Waals surface area contributed by atoms with E-state index in [0.29, 0.717) is 0 Å². The van der Waals surface area contributed by atoms with Crippen molar-refractivity contribution in [3.63, 3.8) is 0 Å². The fraction of sp³-hybridized carbons (Fsp3) is 0.786. The Hall–Kier alpha value is -0.480. The van der Waals surface area contributed by atoms with Crippen molar-refractivity contribution in [1.29, 1.82) is 0 Å². The van der Waals surface area contributed by atoms with Crippen LogP contribution in [0.2, 0.25) is 0 Å². The molecule has 3 nitrogen and oxygen atoms in total. The van der Waals surface area contributed by atoms with E-state index in [-0.39, 0.29) is 6.04 Å². The summed E-state index contributed by atoms with van der Waals surface area (Å²) < 4.78 is 2.02. The second-order valence-corrected chi connectivity index (χ2v) is 6.00. The van der Waals surface area contributed by atoms with E-state index < -0.39 is 0 Å². The number of hydrogen-bond acceptors (Lipinski definition) is 3. The monoisotopic (exact) mass is 269 g/mol. The van der Waals surface area contributed by atoms with Gasteiger partial charge >= 0.3 is 0 Å². The van der Waals surface area contributed by atoms with Crippen molar-refractivity contribution in [1.82, 2.24) is 9.78 Å². The summed E-state index contributed by atoms with van der Waals surface area (Å²) >= 11 is 1.93. The first-order chi connectivity index (χ1) is 8.60. The molecule has 104 valence electrons. The van der Waals surface area contributed by atoms with Gasteiger partial charge in [0, 0.05) is 18.7 Å². The molecule has 0 bridgehead atoms. The van der Waals surface area contributed by atoms with Crippen LogP contribution in [0, 0.1) is 6.92 Å². The van der Waals surface area contributed by atoms with Crippen molar-refractivity contribution in [2.24, 2.45) is 12.8 Å². The molecule has 2 N–H and O–H groups in total. The standard InChI is InChI=1S/C14H27N3S/c1-5-7-8-9-18-14-13(10-12(15)6-2)11(3)16-17(14)4/h12H,5-10,15H2,1-4H3. The van der Waals surface area contributed by atoms with Gasteiger partial charge < -0.3 is 5.73 Å². The van der Waals surface area contributed by atoms with Gasteiger partial charge in [-0.05, 0) is 31.9 Å². The molecule has 0 amide bonds. The van der Waals surface area contributed by atoms with E-state index in [1.165, 1.54) is 35.6 Å². The summed E-state index contributed by atoms with van der Waals surface area (Å²) in [6.07, 6.45) is 5.84. The highest BCUT2D eigenvalue weighted by Gasteiger charge is 2.15. The van der Waals surface area contributed by atoms with Crippen LogP contribution in [-0.2, 0) is 13.5 Å². The number of nitrogens with two attached hydrogens (primary N) is 1. The topological polar surface area (TPSA) is 43.8 Å². The summed E-state index contributed by atoms with van der Waals surface area (Å²) in [5, 5.41) is 5.85. The molecule has 0 aromatic carbocycles. The van der Waals surface area contributed by atoms with Crippen LogP contribution in [0.1, 0.15) is 50.8 Å². The molecule has 18 heavy (non-hydrogen) atoms. The van der Waals surface area contributed by atoms with E-state index in [2.05, 4.69) is 25.9 Å². The summed E-state index contributed by atoms with van der Waals surface area (Å²) in [4.78, 5) is 0. The number of hydrogen-bond donors (Lipinski definition) is 1. The summed E-state index contributed by atoms with van der Waals surface area (Å²) in [6.45, 7) is 6.48.